The van der Waals surface area contributed by atoms with Crippen molar-refractivity contribution >= 4 is 17.2 Å². The van der Waals surface area contributed by atoms with Gasteiger partial charge >= 0.3 is 0 Å². The molecule has 112 valence electrons. The lowest BCUT2D eigenvalue weighted by Gasteiger charge is -2.16. The van der Waals surface area contributed by atoms with Crippen molar-refractivity contribution < 1.29 is 4.74 Å². The second kappa shape index (κ2) is 6.41. The topological polar surface area (TPSA) is 50.3 Å². The molecule has 2 aromatic rings. The van der Waals surface area contributed by atoms with E-state index < -0.39 is 0 Å². The Hall–Kier alpha value is -1.66. The van der Waals surface area contributed by atoms with E-state index in [1.165, 1.54) is 16.8 Å². The van der Waals surface area contributed by atoms with E-state index in [0.717, 1.165) is 31.9 Å². The Kier molecular flexibility index (Phi) is 4.36. The summed E-state index contributed by atoms with van der Waals surface area (Å²) in [6.07, 6.45) is 2.67. The maximum absolute atomic E-state index is 5.12. The lowest BCUT2D eigenvalue weighted by molar-refractivity contribution is 0.331. The fourth-order valence-corrected chi connectivity index (χ4v) is 3.55. The number of methoxy groups -OCH3 is 1. The Labute approximate surface area is 129 Å². The third kappa shape index (κ3) is 3.51. The van der Waals surface area contributed by atoms with Gasteiger partial charge in [0.1, 0.15) is 12.1 Å². The zero-order valence-corrected chi connectivity index (χ0v) is 13.2. The van der Waals surface area contributed by atoms with Crippen molar-refractivity contribution in [1.29, 1.82) is 0 Å². The number of thiophene rings is 1. The summed E-state index contributed by atoms with van der Waals surface area (Å²) in [5, 5.41) is 5.64. The summed E-state index contributed by atoms with van der Waals surface area (Å²) < 4.78 is 5.12. The van der Waals surface area contributed by atoms with Crippen LogP contribution in [0.5, 0.6) is 5.88 Å². The van der Waals surface area contributed by atoms with Gasteiger partial charge in [-0.3, -0.25) is 4.90 Å². The molecule has 3 heterocycles. The zero-order valence-electron chi connectivity index (χ0n) is 12.4. The number of rotatable bonds is 5. The SMILES string of the molecule is COc1cc(NC2CCN(Cc3sccc3C)C2)ncn1. The van der Waals surface area contributed by atoms with Crippen molar-refractivity contribution in [3.8, 4) is 5.88 Å². The molecular formula is C15H20N4OS. The molecule has 1 atom stereocenters. The molecule has 1 aliphatic rings. The summed E-state index contributed by atoms with van der Waals surface area (Å²) in [5.74, 6) is 1.43. The highest BCUT2D eigenvalue weighted by molar-refractivity contribution is 7.10. The van der Waals surface area contributed by atoms with E-state index in [9.17, 15) is 0 Å². The van der Waals surface area contributed by atoms with Crippen LogP contribution in [0.15, 0.2) is 23.8 Å². The molecule has 1 N–H and O–H groups in total. The maximum atomic E-state index is 5.12. The number of hydrogen-bond acceptors (Lipinski definition) is 6. The monoisotopic (exact) mass is 304 g/mol. The molecule has 0 bridgehead atoms. The molecule has 21 heavy (non-hydrogen) atoms. The minimum absolute atomic E-state index is 0.435. The molecule has 1 aliphatic heterocycles. The van der Waals surface area contributed by atoms with Crippen LogP contribution < -0.4 is 10.1 Å². The summed E-state index contributed by atoms with van der Waals surface area (Å²) in [4.78, 5) is 12.2. The van der Waals surface area contributed by atoms with Gasteiger partial charge in [-0.1, -0.05) is 0 Å². The van der Waals surface area contributed by atoms with Gasteiger partial charge in [-0.25, -0.2) is 9.97 Å². The van der Waals surface area contributed by atoms with Crippen LogP contribution in [0.3, 0.4) is 0 Å². The molecule has 0 saturated carbocycles. The van der Waals surface area contributed by atoms with Crippen LogP contribution >= 0.6 is 11.3 Å². The number of aromatic nitrogens is 2. The van der Waals surface area contributed by atoms with Gasteiger partial charge in [0.2, 0.25) is 5.88 Å². The lowest BCUT2D eigenvalue weighted by Crippen LogP contribution is -2.26. The van der Waals surface area contributed by atoms with Crippen molar-refractivity contribution in [2.75, 3.05) is 25.5 Å². The fourth-order valence-electron chi connectivity index (χ4n) is 2.60. The van der Waals surface area contributed by atoms with Gasteiger partial charge in [-0.05, 0) is 30.4 Å². The van der Waals surface area contributed by atoms with Crippen LogP contribution in [-0.2, 0) is 6.54 Å². The first kappa shape index (κ1) is 14.3. The first-order valence-corrected chi connectivity index (χ1v) is 8.00. The Morgan fingerprint density at radius 2 is 2.38 bits per heavy atom. The van der Waals surface area contributed by atoms with Crippen molar-refractivity contribution in [2.24, 2.45) is 0 Å². The third-order valence-corrected chi connectivity index (χ3v) is 4.82. The van der Waals surface area contributed by atoms with Crippen molar-refractivity contribution in [2.45, 2.75) is 25.9 Å². The van der Waals surface area contributed by atoms with Crippen molar-refractivity contribution in [3.63, 3.8) is 0 Å². The molecule has 5 nitrogen and oxygen atoms in total. The molecule has 0 spiro atoms. The average molecular weight is 304 g/mol. The minimum Gasteiger partial charge on any atom is -0.481 e. The molecule has 1 unspecified atom stereocenters. The number of anilines is 1. The van der Waals surface area contributed by atoms with Crippen LogP contribution in [0.4, 0.5) is 5.82 Å². The van der Waals surface area contributed by atoms with Gasteiger partial charge in [0.25, 0.3) is 0 Å². The minimum atomic E-state index is 0.435. The van der Waals surface area contributed by atoms with E-state index in [4.69, 9.17) is 4.74 Å². The molecule has 1 fully saturated rings. The third-order valence-electron chi connectivity index (χ3n) is 3.81. The first-order chi connectivity index (χ1) is 10.2. The van der Waals surface area contributed by atoms with Gasteiger partial charge in [0.05, 0.1) is 7.11 Å². The molecule has 0 radical (unpaired) electrons. The highest BCUT2D eigenvalue weighted by atomic mass is 32.1. The van der Waals surface area contributed by atoms with E-state index >= 15 is 0 Å². The smallest absolute Gasteiger partial charge is 0.218 e. The number of nitrogens with zero attached hydrogens (tertiary/aromatic N) is 3. The molecule has 1 saturated heterocycles. The maximum Gasteiger partial charge on any atom is 0.218 e. The highest BCUT2D eigenvalue weighted by Gasteiger charge is 2.23. The van der Waals surface area contributed by atoms with E-state index in [2.05, 4.69) is 38.6 Å². The van der Waals surface area contributed by atoms with Gasteiger partial charge in [-0.2, -0.15) is 0 Å². The molecule has 6 heteroatoms. The van der Waals surface area contributed by atoms with Crippen LogP contribution in [-0.4, -0.2) is 41.1 Å². The number of nitrogens with one attached hydrogen (secondary N) is 1. The molecule has 0 aromatic carbocycles. The number of hydrogen-bond donors (Lipinski definition) is 1. The Bertz CT molecular complexity index is 601. The Morgan fingerprint density at radius 3 is 3.14 bits per heavy atom. The van der Waals surface area contributed by atoms with Gasteiger partial charge in [0, 0.05) is 36.6 Å². The van der Waals surface area contributed by atoms with Crippen LogP contribution in [0, 0.1) is 6.92 Å². The van der Waals surface area contributed by atoms with Crippen LogP contribution in [0.2, 0.25) is 0 Å². The van der Waals surface area contributed by atoms with E-state index in [0.29, 0.717) is 11.9 Å². The molecular weight excluding hydrogens is 284 g/mol. The number of likely N-dealkylation sites (tertiary alicyclic amines) is 1. The Balaban J connectivity index is 1.56. The standard InChI is InChI=1S/C15H20N4OS/c1-11-4-6-21-13(11)9-19-5-3-12(8-19)18-14-7-15(20-2)17-10-16-14/h4,6-7,10,12H,3,5,8-9H2,1-2H3,(H,16,17,18). The summed E-state index contributed by atoms with van der Waals surface area (Å²) in [6.45, 7) is 5.40. The van der Waals surface area contributed by atoms with E-state index in [1.54, 1.807) is 7.11 Å². The molecule has 0 aliphatic carbocycles. The van der Waals surface area contributed by atoms with Crippen LogP contribution in [0.1, 0.15) is 16.9 Å². The molecule has 3 rings (SSSR count). The number of aryl methyl sites for hydroxylation is 1. The largest absolute Gasteiger partial charge is 0.481 e. The highest BCUT2D eigenvalue weighted by Crippen LogP contribution is 2.22. The van der Waals surface area contributed by atoms with Crippen molar-refractivity contribution in [1.82, 2.24) is 14.9 Å². The van der Waals surface area contributed by atoms with Crippen LogP contribution in [0.25, 0.3) is 0 Å². The average Bonchev–Trinajstić information content (AvgIpc) is 3.10. The second-order valence-corrected chi connectivity index (χ2v) is 6.34. The summed E-state index contributed by atoms with van der Waals surface area (Å²) in [6, 6.07) is 4.47. The quantitative estimate of drug-likeness (QED) is 0.920. The van der Waals surface area contributed by atoms with E-state index in [1.807, 2.05) is 17.4 Å². The van der Waals surface area contributed by atoms with Gasteiger partial charge in [-0.15, -0.1) is 11.3 Å². The summed E-state index contributed by atoms with van der Waals surface area (Å²) in [5.41, 5.74) is 1.40. The second-order valence-electron chi connectivity index (χ2n) is 5.34. The molecule has 0 amide bonds. The summed E-state index contributed by atoms with van der Waals surface area (Å²) >= 11 is 1.85. The van der Waals surface area contributed by atoms with Gasteiger partial charge in [0.15, 0.2) is 0 Å². The first-order valence-electron chi connectivity index (χ1n) is 7.12. The predicted molar refractivity (Wildman–Crippen MR) is 84.9 cm³/mol. The number of ether oxygens (including phenoxy) is 1. The molecule has 2 aromatic heterocycles. The Morgan fingerprint density at radius 1 is 1.48 bits per heavy atom. The lowest BCUT2D eigenvalue weighted by atomic mass is 10.2. The normalized spacial score (nSPS) is 18.9. The van der Waals surface area contributed by atoms with Crippen molar-refractivity contribution in [3.05, 3.63) is 34.3 Å². The van der Waals surface area contributed by atoms with E-state index in [-0.39, 0.29) is 0 Å². The predicted octanol–water partition coefficient (Wildman–Crippen LogP) is 2.54. The summed E-state index contributed by atoms with van der Waals surface area (Å²) in [7, 11) is 1.62. The van der Waals surface area contributed by atoms with Gasteiger partial charge < -0.3 is 10.1 Å². The fraction of sp³-hybridized carbons (Fsp3) is 0.467. The zero-order chi connectivity index (χ0) is 14.7.